The third-order valence-electron chi connectivity index (χ3n) is 4.11. The number of methoxy groups -OCH3 is 1. The Kier molecular flexibility index (Phi) is 7.48. The minimum atomic E-state index is -0.492. The van der Waals surface area contributed by atoms with Gasteiger partial charge < -0.3 is 19.5 Å². The highest BCUT2D eigenvalue weighted by atomic mass is 79.9. The number of rotatable bonds is 8. The molecule has 0 fully saturated rings. The maximum absolute atomic E-state index is 12.6. The lowest BCUT2D eigenvalue weighted by Crippen LogP contribution is -2.21. The molecule has 0 spiro atoms. The predicted molar refractivity (Wildman–Crippen MR) is 121 cm³/mol. The van der Waals surface area contributed by atoms with Gasteiger partial charge in [0.05, 0.1) is 13.7 Å². The van der Waals surface area contributed by atoms with Gasteiger partial charge in [-0.25, -0.2) is 4.79 Å². The molecule has 3 rings (SSSR count). The number of hydrogen-bond donors (Lipinski definition) is 1. The number of amides is 1. The van der Waals surface area contributed by atoms with Gasteiger partial charge in [-0.2, -0.15) is 0 Å². The van der Waals surface area contributed by atoms with E-state index < -0.39 is 5.97 Å². The second-order valence-electron chi connectivity index (χ2n) is 6.09. The SMILES string of the molecule is CCOC(=O)c1c(-c2ccc(OC)cc2)csc1NC(=O)COc1ccc(Br)cc1. The Morgan fingerprint density at radius 3 is 2.33 bits per heavy atom. The molecule has 0 atom stereocenters. The van der Waals surface area contributed by atoms with Crippen molar-refractivity contribution in [2.45, 2.75) is 6.92 Å². The Bertz CT molecular complexity index is 1020. The van der Waals surface area contributed by atoms with Crippen molar-refractivity contribution in [3.05, 3.63) is 63.9 Å². The van der Waals surface area contributed by atoms with Gasteiger partial charge in [0.1, 0.15) is 22.1 Å². The standard InChI is InChI=1S/C22H20BrNO5S/c1-3-28-22(26)20-18(14-4-8-16(27-2)9-5-14)13-30-21(20)24-19(25)12-29-17-10-6-15(23)7-11-17/h4-11,13H,3,12H2,1-2H3,(H,24,25). The van der Waals surface area contributed by atoms with Crippen molar-refractivity contribution < 1.29 is 23.8 Å². The summed E-state index contributed by atoms with van der Waals surface area (Å²) in [6.45, 7) is 1.79. The summed E-state index contributed by atoms with van der Waals surface area (Å²) < 4.78 is 16.8. The van der Waals surface area contributed by atoms with Crippen LogP contribution in [0.25, 0.3) is 11.1 Å². The van der Waals surface area contributed by atoms with Crippen molar-refractivity contribution >= 4 is 44.1 Å². The van der Waals surface area contributed by atoms with Crippen LogP contribution in [0.1, 0.15) is 17.3 Å². The second kappa shape index (κ2) is 10.3. The van der Waals surface area contributed by atoms with Crippen molar-refractivity contribution in [2.75, 3.05) is 25.6 Å². The lowest BCUT2D eigenvalue weighted by molar-refractivity contribution is -0.118. The summed E-state index contributed by atoms with van der Waals surface area (Å²) in [5, 5.41) is 5.00. The van der Waals surface area contributed by atoms with E-state index in [0.29, 0.717) is 27.6 Å². The third-order valence-corrected chi connectivity index (χ3v) is 5.53. The van der Waals surface area contributed by atoms with Crippen molar-refractivity contribution in [2.24, 2.45) is 0 Å². The molecular formula is C22H20BrNO5S. The molecule has 1 aromatic heterocycles. The molecule has 1 N–H and O–H groups in total. The van der Waals surface area contributed by atoms with Gasteiger partial charge in [0.2, 0.25) is 0 Å². The smallest absolute Gasteiger partial charge is 0.341 e. The Morgan fingerprint density at radius 1 is 1.03 bits per heavy atom. The largest absolute Gasteiger partial charge is 0.497 e. The number of benzene rings is 2. The van der Waals surface area contributed by atoms with E-state index in [1.54, 1.807) is 26.2 Å². The molecule has 30 heavy (non-hydrogen) atoms. The molecule has 6 nitrogen and oxygen atoms in total. The summed E-state index contributed by atoms with van der Waals surface area (Å²) in [7, 11) is 1.59. The average molecular weight is 490 g/mol. The van der Waals surface area contributed by atoms with Crippen LogP contribution in [-0.4, -0.2) is 32.2 Å². The Morgan fingerprint density at radius 2 is 1.70 bits per heavy atom. The maximum Gasteiger partial charge on any atom is 0.341 e. The Labute approximate surface area is 186 Å². The number of esters is 1. The molecule has 0 aliphatic heterocycles. The minimum absolute atomic E-state index is 0.181. The highest BCUT2D eigenvalue weighted by Gasteiger charge is 2.23. The van der Waals surface area contributed by atoms with Crippen LogP contribution in [0.5, 0.6) is 11.5 Å². The van der Waals surface area contributed by atoms with Crippen molar-refractivity contribution in [3.63, 3.8) is 0 Å². The molecule has 0 bridgehead atoms. The van der Waals surface area contributed by atoms with Gasteiger partial charge in [-0.15, -0.1) is 11.3 Å². The summed E-state index contributed by atoms with van der Waals surface area (Å²) in [5.74, 6) is 0.426. The zero-order valence-electron chi connectivity index (χ0n) is 16.4. The first kappa shape index (κ1) is 21.9. The van der Waals surface area contributed by atoms with Crippen LogP contribution in [0.3, 0.4) is 0 Å². The number of carbonyl (C=O) groups excluding carboxylic acids is 2. The molecule has 2 aromatic carbocycles. The van der Waals surface area contributed by atoms with Crippen LogP contribution in [0.2, 0.25) is 0 Å². The number of anilines is 1. The highest BCUT2D eigenvalue weighted by molar-refractivity contribution is 9.10. The van der Waals surface area contributed by atoms with Crippen molar-refractivity contribution in [3.8, 4) is 22.6 Å². The number of carbonyl (C=O) groups is 2. The van der Waals surface area contributed by atoms with E-state index in [0.717, 1.165) is 10.0 Å². The van der Waals surface area contributed by atoms with Gasteiger partial charge in [-0.3, -0.25) is 4.79 Å². The molecule has 0 aliphatic carbocycles. The van der Waals surface area contributed by atoms with Crippen molar-refractivity contribution in [1.29, 1.82) is 0 Å². The van der Waals surface area contributed by atoms with E-state index in [2.05, 4.69) is 21.2 Å². The van der Waals surface area contributed by atoms with E-state index in [9.17, 15) is 9.59 Å². The third kappa shape index (κ3) is 5.40. The number of hydrogen-bond acceptors (Lipinski definition) is 6. The monoisotopic (exact) mass is 489 g/mol. The fraction of sp³-hybridized carbons (Fsp3) is 0.182. The van der Waals surface area contributed by atoms with E-state index in [4.69, 9.17) is 14.2 Å². The summed E-state index contributed by atoms with van der Waals surface area (Å²) in [4.78, 5) is 25.0. The quantitative estimate of drug-likeness (QED) is 0.430. The van der Waals surface area contributed by atoms with Crippen LogP contribution in [0.15, 0.2) is 58.4 Å². The highest BCUT2D eigenvalue weighted by Crippen LogP contribution is 2.36. The second-order valence-corrected chi connectivity index (χ2v) is 7.89. The van der Waals surface area contributed by atoms with Gasteiger partial charge in [0, 0.05) is 15.4 Å². The average Bonchev–Trinajstić information content (AvgIpc) is 3.17. The molecule has 0 saturated heterocycles. The van der Waals surface area contributed by atoms with Gasteiger partial charge in [0.25, 0.3) is 5.91 Å². The van der Waals surface area contributed by atoms with Crippen LogP contribution in [0, 0.1) is 0 Å². The zero-order valence-corrected chi connectivity index (χ0v) is 18.8. The van der Waals surface area contributed by atoms with Crippen LogP contribution >= 0.6 is 27.3 Å². The van der Waals surface area contributed by atoms with E-state index in [-0.39, 0.29) is 19.1 Å². The van der Waals surface area contributed by atoms with Crippen LogP contribution in [-0.2, 0) is 9.53 Å². The Balaban J connectivity index is 1.79. The van der Waals surface area contributed by atoms with E-state index in [1.165, 1.54) is 11.3 Å². The molecular weight excluding hydrogens is 470 g/mol. The first-order valence-electron chi connectivity index (χ1n) is 9.13. The Hall–Kier alpha value is -2.84. The van der Waals surface area contributed by atoms with Gasteiger partial charge >= 0.3 is 5.97 Å². The number of nitrogens with one attached hydrogen (secondary N) is 1. The van der Waals surface area contributed by atoms with Gasteiger partial charge in [-0.1, -0.05) is 28.1 Å². The maximum atomic E-state index is 12.6. The molecule has 8 heteroatoms. The molecule has 1 heterocycles. The fourth-order valence-electron chi connectivity index (χ4n) is 2.68. The summed E-state index contributed by atoms with van der Waals surface area (Å²) >= 11 is 4.61. The number of ether oxygens (including phenoxy) is 3. The predicted octanol–water partition coefficient (Wildman–Crippen LogP) is 5.38. The molecule has 0 saturated carbocycles. The zero-order chi connectivity index (χ0) is 21.5. The first-order chi connectivity index (χ1) is 14.5. The number of thiophene rings is 1. The molecule has 1 amide bonds. The van der Waals surface area contributed by atoms with E-state index >= 15 is 0 Å². The number of halogens is 1. The van der Waals surface area contributed by atoms with Crippen LogP contribution in [0.4, 0.5) is 5.00 Å². The minimum Gasteiger partial charge on any atom is -0.497 e. The molecule has 156 valence electrons. The van der Waals surface area contributed by atoms with Gasteiger partial charge in [-0.05, 0) is 48.9 Å². The normalized spacial score (nSPS) is 10.4. The fourth-order valence-corrected chi connectivity index (χ4v) is 3.92. The molecule has 0 radical (unpaired) electrons. The summed E-state index contributed by atoms with van der Waals surface area (Å²) in [5.41, 5.74) is 1.83. The topological polar surface area (TPSA) is 73.9 Å². The summed E-state index contributed by atoms with van der Waals surface area (Å²) in [6, 6.07) is 14.5. The van der Waals surface area contributed by atoms with Crippen LogP contribution < -0.4 is 14.8 Å². The lowest BCUT2D eigenvalue weighted by Gasteiger charge is -2.10. The molecule has 3 aromatic rings. The molecule has 0 aliphatic rings. The van der Waals surface area contributed by atoms with Crippen molar-refractivity contribution in [1.82, 2.24) is 0 Å². The van der Waals surface area contributed by atoms with E-state index in [1.807, 2.05) is 41.8 Å². The molecule has 0 unspecified atom stereocenters. The lowest BCUT2D eigenvalue weighted by atomic mass is 10.0. The summed E-state index contributed by atoms with van der Waals surface area (Å²) in [6.07, 6.45) is 0. The first-order valence-corrected chi connectivity index (χ1v) is 10.8. The van der Waals surface area contributed by atoms with Gasteiger partial charge in [0.15, 0.2) is 6.61 Å².